The number of hydrogen-bond donors (Lipinski definition) is 2. The Kier molecular flexibility index (Phi) is 6.63. The molecule has 0 unspecified atom stereocenters. The molecule has 0 radical (unpaired) electrons. The molecule has 1 heterocycles. The van der Waals surface area contributed by atoms with Gasteiger partial charge < -0.3 is 10.6 Å². The smallest absolute Gasteiger partial charge is 0.237 e. The second kappa shape index (κ2) is 8.49. The van der Waals surface area contributed by atoms with E-state index in [2.05, 4.69) is 15.5 Å². The monoisotopic (exact) mass is 351 g/mol. The molecular weight excluding hydrogens is 326 g/mol. The zero-order valence-corrected chi connectivity index (χ0v) is 14.8. The first-order chi connectivity index (χ1) is 11.2. The molecule has 1 saturated carbocycles. The lowest BCUT2D eigenvalue weighted by atomic mass is 10.1. The van der Waals surface area contributed by atoms with Crippen molar-refractivity contribution in [3.05, 3.63) is 35.9 Å². The van der Waals surface area contributed by atoms with Crippen LogP contribution in [0.25, 0.3) is 0 Å². The van der Waals surface area contributed by atoms with Crippen LogP contribution in [0.4, 0.5) is 0 Å². The van der Waals surface area contributed by atoms with Crippen LogP contribution in [0.1, 0.15) is 31.2 Å². The third kappa shape index (κ3) is 4.28. The van der Waals surface area contributed by atoms with Gasteiger partial charge in [0, 0.05) is 13.6 Å². The topological polar surface area (TPSA) is 61.4 Å². The number of likely N-dealkylation sites (N-methyl/N-ethyl adjacent to an activating group) is 1. The fourth-order valence-electron chi connectivity index (χ4n) is 3.50. The molecule has 1 aliphatic heterocycles. The van der Waals surface area contributed by atoms with Gasteiger partial charge in [-0.1, -0.05) is 30.3 Å². The first-order valence-electron chi connectivity index (χ1n) is 8.49. The average Bonchev–Trinajstić information content (AvgIpc) is 3.30. The SMILES string of the molecule is CNC(=O)[C@@H](C1CC1)N1CCC[C@H]1C(=O)NCc1ccccc1.Cl. The zero-order valence-electron chi connectivity index (χ0n) is 14.0. The molecule has 6 heteroatoms. The highest BCUT2D eigenvalue weighted by atomic mass is 35.5. The number of rotatable bonds is 6. The van der Waals surface area contributed by atoms with Gasteiger partial charge in [0.05, 0.1) is 12.1 Å². The van der Waals surface area contributed by atoms with Crippen LogP contribution in [-0.2, 0) is 16.1 Å². The second-order valence-electron chi connectivity index (χ2n) is 6.50. The van der Waals surface area contributed by atoms with Crippen LogP contribution in [0.5, 0.6) is 0 Å². The molecule has 3 rings (SSSR count). The highest BCUT2D eigenvalue weighted by molar-refractivity contribution is 5.86. The second-order valence-corrected chi connectivity index (χ2v) is 6.50. The Morgan fingerprint density at radius 1 is 1.21 bits per heavy atom. The standard InChI is InChI=1S/C18H25N3O2.ClH/c1-19-18(23)16(14-9-10-14)21-11-5-8-15(21)17(22)20-12-13-6-3-2-4-7-13;/h2-4,6-7,14-16H,5,8-12H2,1H3,(H,19,23)(H,20,22);1H/t15-,16+;/m0./s1. The van der Waals surface area contributed by atoms with E-state index in [4.69, 9.17) is 0 Å². The van der Waals surface area contributed by atoms with E-state index in [0.29, 0.717) is 12.5 Å². The molecule has 132 valence electrons. The third-order valence-corrected chi connectivity index (χ3v) is 4.85. The largest absolute Gasteiger partial charge is 0.358 e. The lowest BCUT2D eigenvalue weighted by Crippen LogP contribution is -2.53. The number of carbonyl (C=O) groups is 2. The first-order valence-corrected chi connectivity index (χ1v) is 8.49. The van der Waals surface area contributed by atoms with Crippen molar-refractivity contribution in [2.45, 2.75) is 44.3 Å². The molecular formula is C18H26ClN3O2. The van der Waals surface area contributed by atoms with E-state index >= 15 is 0 Å². The van der Waals surface area contributed by atoms with Crippen LogP contribution >= 0.6 is 12.4 Å². The molecule has 1 saturated heterocycles. The Labute approximate surface area is 149 Å². The van der Waals surface area contributed by atoms with Crippen molar-refractivity contribution >= 4 is 24.2 Å². The van der Waals surface area contributed by atoms with Crippen LogP contribution < -0.4 is 10.6 Å². The van der Waals surface area contributed by atoms with E-state index < -0.39 is 0 Å². The first kappa shape index (κ1) is 18.7. The van der Waals surface area contributed by atoms with Crippen molar-refractivity contribution in [3.63, 3.8) is 0 Å². The predicted molar refractivity (Wildman–Crippen MR) is 95.8 cm³/mol. The Morgan fingerprint density at radius 2 is 1.92 bits per heavy atom. The number of benzene rings is 1. The molecule has 0 aromatic heterocycles. The summed E-state index contributed by atoms with van der Waals surface area (Å²) in [6.45, 7) is 1.37. The highest BCUT2D eigenvalue weighted by Gasteiger charge is 2.45. The van der Waals surface area contributed by atoms with Gasteiger partial charge in [-0.15, -0.1) is 12.4 Å². The van der Waals surface area contributed by atoms with Gasteiger partial charge in [0.1, 0.15) is 0 Å². The van der Waals surface area contributed by atoms with Crippen molar-refractivity contribution in [2.75, 3.05) is 13.6 Å². The number of nitrogens with one attached hydrogen (secondary N) is 2. The molecule has 5 nitrogen and oxygen atoms in total. The summed E-state index contributed by atoms with van der Waals surface area (Å²) < 4.78 is 0. The van der Waals surface area contributed by atoms with Crippen molar-refractivity contribution in [1.82, 2.24) is 15.5 Å². The van der Waals surface area contributed by atoms with Crippen molar-refractivity contribution in [2.24, 2.45) is 5.92 Å². The van der Waals surface area contributed by atoms with E-state index in [1.807, 2.05) is 30.3 Å². The van der Waals surface area contributed by atoms with Gasteiger partial charge in [-0.3, -0.25) is 14.5 Å². The number of amides is 2. The quantitative estimate of drug-likeness (QED) is 0.820. The number of nitrogens with zero attached hydrogens (tertiary/aromatic N) is 1. The van der Waals surface area contributed by atoms with Crippen molar-refractivity contribution in [3.8, 4) is 0 Å². The number of carbonyl (C=O) groups excluding carboxylic acids is 2. The molecule has 2 amide bonds. The Bertz CT molecular complexity index is 563. The van der Waals surface area contributed by atoms with Gasteiger partial charge in [0.15, 0.2) is 0 Å². The maximum atomic E-state index is 12.6. The molecule has 1 aromatic carbocycles. The van der Waals surface area contributed by atoms with E-state index in [0.717, 1.165) is 37.8 Å². The molecule has 1 aromatic rings. The molecule has 2 N–H and O–H groups in total. The number of likely N-dealkylation sites (tertiary alicyclic amines) is 1. The lowest BCUT2D eigenvalue weighted by molar-refractivity contribution is -0.131. The zero-order chi connectivity index (χ0) is 16.2. The van der Waals surface area contributed by atoms with Crippen molar-refractivity contribution < 1.29 is 9.59 Å². The van der Waals surface area contributed by atoms with E-state index in [1.165, 1.54) is 0 Å². The van der Waals surface area contributed by atoms with E-state index in [1.54, 1.807) is 7.05 Å². The maximum Gasteiger partial charge on any atom is 0.237 e. The van der Waals surface area contributed by atoms with Crippen LogP contribution in [0.2, 0.25) is 0 Å². The maximum absolute atomic E-state index is 12.6. The Hall–Kier alpha value is -1.59. The summed E-state index contributed by atoms with van der Waals surface area (Å²) >= 11 is 0. The molecule has 0 bridgehead atoms. The van der Waals surface area contributed by atoms with Crippen LogP contribution in [0, 0.1) is 5.92 Å². The Morgan fingerprint density at radius 3 is 2.54 bits per heavy atom. The average molecular weight is 352 g/mol. The van der Waals surface area contributed by atoms with Gasteiger partial charge in [0.25, 0.3) is 0 Å². The summed E-state index contributed by atoms with van der Waals surface area (Å²) in [5.41, 5.74) is 1.09. The van der Waals surface area contributed by atoms with Gasteiger partial charge in [-0.2, -0.15) is 0 Å². The molecule has 2 aliphatic rings. The van der Waals surface area contributed by atoms with Gasteiger partial charge in [0.2, 0.25) is 11.8 Å². The number of halogens is 1. The van der Waals surface area contributed by atoms with Crippen LogP contribution in [-0.4, -0.2) is 42.4 Å². The highest BCUT2D eigenvalue weighted by Crippen LogP contribution is 2.38. The van der Waals surface area contributed by atoms with Crippen molar-refractivity contribution in [1.29, 1.82) is 0 Å². The minimum Gasteiger partial charge on any atom is -0.358 e. The van der Waals surface area contributed by atoms with Crippen LogP contribution in [0.15, 0.2) is 30.3 Å². The third-order valence-electron chi connectivity index (χ3n) is 4.85. The minimum absolute atomic E-state index is 0. The molecule has 2 fully saturated rings. The van der Waals surface area contributed by atoms with Gasteiger partial charge in [-0.05, 0) is 43.7 Å². The Balaban J connectivity index is 0.00000208. The number of hydrogen-bond acceptors (Lipinski definition) is 3. The normalized spacial score (nSPS) is 21.6. The summed E-state index contributed by atoms with van der Waals surface area (Å²) in [4.78, 5) is 27.0. The summed E-state index contributed by atoms with van der Waals surface area (Å²) in [5, 5.41) is 5.80. The van der Waals surface area contributed by atoms with Crippen LogP contribution in [0.3, 0.4) is 0 Å². The van der Waals surface area contributed by atoms with E-state index in [-0.39, 0.29) is 36.3 Å². The van der Waals surface area contributed by atoms with Gasteiger partial charge >= 0.3 is 0 Å². The minimum atomic E-state index is -0.179. The van der Waals surface area contributed by atoms with Gasteiger partial charge in [-0.25, -0.2) is 0 Å². The lowest BCUT2D eigenvalue weighted by Gasteiger charge is -2.31. The molecule has 24 heavy (non-hydrogen) atoms. The summed E-state index contributed by atoms with van der Waals surface area (Å²) in [6.07, 6.45) is 3.99. The van der Waals surface area contributed by atoms with E-state index in [9.17, 15) is 9.59 Å². The summed E-state index contributed by atoms with van der Waals surface area (Å²) in [5.74, 6) is 0.508. The fourth-order valence-corrected chi connectivity index (χ4v) is 3.50. The summed E-state index contributed by atoms with van der Waals surface area (Å²) in [7, 11) is 1.68. The predicted octanol–water partition coefficient (Wildman–Crippen LogP) is 1.71. The fraction of sp³-hybridized carbons (Fsp3) is 0.556. The molecule has 1 aliphatic carbocycles. The molecule has 0 spiro atoms. The summed E-state index contributed by atoms with van der Waals surface area (Å²) in [6, 6.07) is 9.59. The molecule has 2 atom stereocenters.